The van der Waals surface area contributed by atoms with Crippen LogP contribution in [0.3, 0.4) is 0 Å². The molecule has 30 heavy (non-hydrogen) atoms. The summed E-state index contributed by atoms with van der Waals surface area (Å²) in [7, 11) is 0. The number of fused-ring (bicyclic) bond motifs is 1. The molecule has 0 radical (unpaired) electrons. The van der Waals surface area contributed by atoms with E-state index in [1.165, 1.54) is 18.4 Å². The fourth-order valence-corrected chi connectivity index (χ4v) is 3.90. The molecule has 2 aliphatic heterocycles. The maximum Gasteiger partial charge on any atom is 0.320 e. The Balaban J connectivity index is 1.55. The minimum atomic E-state index is -0.753. The van der Waals surface area contributed by atoms with Crippen LogP contribution in [0.15, 0.2) is 24.3 Å². The van der Waals surface area contributed by atoms with E-state index in [4.69, 9.17) is 11.8 Å². The van der Waals surface area contributed by atoms with E-state index >= 15 is 0 Å². The van der Waals surface area contributed by atoms with Gasteiger partial charge in [-0.05, 0) is 43.5 Å². The van der Waals surface area contributed by atoms with Gasteiger partial charge in [-0.3, -0.25) is 9.69 Å². The molecule has 1 aromatic heterocycles. The second kappa shape index (κ2) is 9.30. The molecule has 1 amide bonds. The van der Waals surface area contributed by atoms with Crippen molar-refractivity contribution in [1.29, 1.82) is 0 Å². The number of nitrogen functional groups attached to an aromatic ring is 1. The monoisotopic (exact) mass is 411 g/mol. The van der Waals surface area contributed by atoms with Gasteiger partial charge in [0.05, 0.1) is 14.5 Å². The van der Waals surface area contributed by atoms with Gasteiger partial charge in [-0.25, -0.2) is 0 Å². The first-order chi connectivity index (χ1) is 15.0. The number of hydrogen-bond donors (Lipinski definition) is 2. The van der Waals surface area contributed by atoms with Crippen LogP contribution in [0.4, 0.5) is 17.3 Å². The molecule has 3 N–H and O–H groups in total. The molecule has 160 valence electrons. The lowest BCUT2D eigenvalue weighted by Gasteiger charge is -2.30. The smallest absolute Gasteiger partial charge is 0.320 e. The molecule has 0 saturated carbocycles. The highest BCUT2D eigenvalue weighted by atomic mass is 16.5. The normalized spacial score (nSPS) is 18.0. The van der Waals surface area contributed by atoms with Gasteiger partial charge < -0.3 is 20.7 Å². The van der Waals surface area contributed by atoms with E-state index < -0.39 is 6.58 Å². The number of nitrogens with zero attached hydrogens (tertiary/aromatic N) is 4. The number of anilines is 3. The van der Waals surface area contributed by atoms with Gasteiger partial charge in [0.2, 0.25) is 5.91 Å². The highest BCUT2D eigenvalue weighted by Gasteiger charge is 2.27. The number of carbonyl (C=O) groups is 1. The molecule has 3 heterocycles. The average Bonchev–Trinajstić information content (AvgIpc) is 3.22. The summed E-state index contributed by atoms with van der Waals surface area (Å²) in [5.74, 6) is 0.509. The Morgan fingerprint density at radius 2 is 2.00 bits per heavy atom. The summed E-state index contributed by atoms with van der Waals surface area (Å²) in [5, 5.41) is 2.77. The van der Waals surface area contributed by atoms with E-state index in [-0.39, 0.29) is 24.3 Å². The molecule has 1 atom stereocenters. The summed E-state index contributed by atoms with van der Waals surface area (Å²) in [4.78, 5) is 25.3. The van der Waals surface area contributed by atoms with Crippen molar-refractivity contribution in [2.45, 2.75) is 45.7 Å². The van der Waals surface area contributed by atoms with E-state index in [0.29, 0.717) is 24.5 Å². The van der Waals surface area contributed by atoms with Crippen molar-refractivity contribution < 1.29 is 10.9 Å². The van der Waals surface area contributed by atoms with Crippen LogP contribution in [0, 0.1) is 0 Å². The summed E-state index contributed by atoms with van der Waals surface area (Å²) in [6.07, 6.45) is 3.93. The lowest BCUT2D eigenvalue weighted by Crippen LogP contribution is -2.39. The third-order valence-corrected chi connectivity index (χ3v) is 5.36. The van der Waals surface area contributed by atoms with Crippen molar-refractivity contribution in [3.8, 4) is 6.01 Å². The number of hydrogen-bond acceptors (Lipinski definition) is 7. The molecule has 1 aromatic carbocycles. The highest BCUT2D eigenvalue weighted by molar-refractivity contribution is 6.03. The minimum absolute atomic E-state index is 0.0635. The van der Waals surface area contributed by atoms with Crippen LogP contribution in [0.1, 0.15) is 45.1 Å². The molecule has 2 aromatic rings. The largest absolute Gasteiger partial charge is 0.463 e. The van der Waals surface area contributed by atoms with Gasteiger partial charge in [0.15, 0.2) is 11.6 Å². The summed E-state index contributed by atoms with van der Waals surface area (Å²) in [5.41, 5.74) is 8.85. The van der Waals surface area contributed by atoms with Crippen molar-refractivity contribution in [2.24, 2.45) is 0 Å². The van der Waals surface area contributed by atoms with Gasteiger partial charge in [0.25, 0.3) is 0 Å². The number of likely N-dealkylation sites (tertiary alicyclic amines) is 1. The molecule has 8 heteroatoms. The highest BCUT2D eigenvalue weighted by Crippen LogP contribution is 2.34. The summed E-state index contributed by atoms with van der Waals surface area (Å²) in [6.45, 7) is 5.16. The van der Waals surface area contributed by atoms with Crippen molar-refractivity contribution in [3.63, 3.8) is 0 Å². The van der Waals surface area contributed by atoms with Crippen molar-refractivity contribution >= 4 is 23.2 Å². The van der Waals surface area contributed by atoms with E-state index in [1.54, 1.807) is 0 Å². The second-order valence-electron chi connectivity index (χ2n) is 7.87. The molecule has 1 saturated heterocycles. The van der Waals surface area contributed by atoms with Crippen LogP contribution in [-0.4, -0.2) is 47.0 Å². The van der Waals surface area contributed by atoms with E-state index in [9.17, 15) is 4.79 Å². The van der Waals surface area contributed by atoms with Crippen LogP contribution < -0.4 is 20.7 Å². The Morgan fingerprint density at radius 3 is 2.77 bits per heavy atom. The molecule has 0 bridgehead atoms. The minimum Gasteiger partial charge on any atom is -0.463 e. The number of nitrogens with one attached hydrogen (secondary N) is 1. The number of aromatic nitrogens is 2. The number of benzene rings is 1. The Morgan fingerprint density at radius 1 is 1.23 bits per heavy atom. The van der Waals surface area contributed by atoms with Gasteiger partial charge in [0, 0.05) is 13.1 Å². The molecular formula is C22H30N6O2. The Labute approximate surface area is 178 Å². The summed E-state index contributed by atoms with van der Waals surface area (Å²) >= 11 is 0. The Bertz CT molecular complexity index is 934. The first-order valence-electron chi connectivity index (χ1n) is 11.2. The fourth-order valence-electron chi connectivity index (χ4n) is 3.90. The third kappa shape index (κ3) is 4.81. The molecule has 1 fully saturated rings. The lowest BCUT2D eigenvalue weighted by atomic mass is 10.1. The van der Waals surface area contributed by atoms with Crippen molar-refractivity contribution in [2.75, 3.05) is 42.2 Å². The summed E-state index contributed by atoms with van der Waals surface area (Å²) < 4.78 is 13.5. The maximum atomic E-state index is 12.3. The first kappa shape index (κ1) is 19.1. The van der Waals surface area contributed by atoms with Crippen LogP contribution in [-0.2, 0) is 17.9 Å². The topological polar surface area (TPSA) is 96.6 Å². The maximum absolute atomic E-state index is 12.3. The van der Waals surface area contributed by atoms with Crippen molar-refractivity contribution in [1.82, 2.24) is 14.9 Å². The number of rotatable bonds is 8. The van der Waals surface area contributed by atoms with Gasteiger partial charge >= 0.3 is 6.01 Å². The molecule has 8 nitrogen and oxygen atoms in total. The molecule has 0 aliphatic carbocycles. The third-order valence-electron chi connectivity index (χ3n) is 5.36. The predicted molar refractivity (Wildman–Crippen MR) is 117 cm³/mol. The Kier molecular flexibility index (Phi) is 5.92. The van der Waals surface area contributed by atoms with E-state index in [0.717, 1.165) is 31.6 Å². The zero-order valence-electron chi connectivity index (χ0n) is 18.4. The number of nitrogens with two attached hydrogens (primary N) is 1. The standard InChI is InChI=1S/C22H30N6O2/c1-2-3-11-30-22-25-20(23)19-21(26-22)28(15-18(29)24-19)14-17-8-6-7-16(12-17)13-27-9-4-5-10-27/h6-8,12H,2-5,9-11,13-15H2,1H3,(H,24,29)(H2,23,25,26)/i11D/t11-/m1/s1. The molecule has 4 rings (SSSR count). The quantitative estimate of drug-likeness (QED) is 0.689. The van der Waals surface area contributed by atoms with E-state index in [2.05, 4.69) is 44.5 Å². The first-order valence-corrected chi connectivity index (χ1v) is 10.6. The zero-order valence-corrected chi connectivity index (χ0v) is 17.4. The number of amides is 1. The van der Waals surface area contributed by atoms with Gasteiger partial charge in [-0.15, -0.1) is 0 Å². The van der Waals surface area contributed by atoms with Crippen LogP contribution in [0.2, 0.25) is 0 Å². The number of carbonyl (C=O) groups excluding carboxylic acids is 1. The zero-order chi connectivity index (χ0) is 21.8. The fraction of sp³-hybridized carbons (Fsp3) is 0.500. The molecule has 0 spiro atoms. The lowest BCUT2D eigenvalue weighted by molar-refractivity contribution is -0.115. The summed E-state index contributed by atoms with van der Waals surface area (Å²) in [6, 6.07) is 8.52. The van der Waals surface area contributed by atoms with Crippen LogP contribution >= 0.6 is 0 Å². The van der Waals surface area contributed by atoms with E-state index in [1.807, 2.05) is 11.8 Å². The Hall–Kier alpha value is -2.87. The molecule has 0 unspecified atom stereocenters. The molecule has 2 aliphatic rings. The van der Waals surface area contributed by atoms with Crippen LogP contribution in [0.5, 0.6) is 6.01 Å². The average molecular weight is 412 g/mol. The van der Waals surface area contributed by atoms with Gasteiger partial charge in [-0.2, -0.15) is 9.97 Å². The number of ether oxygens (including phenoxy) is 1. The SMILES string of the molecule is [2H][C@H](CCC)Oc1nc(N)c2c(n1)N(Cc1cccc(CN3CCCC3)c1)CC(=O)N2. The van der Waals surface area contributed by atoms with Gasteiger partial charge in [-0.1, -0.05) is 37.6 Å². The van der Waals surface area contributed by atoms with Crippen LogP contribution in [0.25, 0.3) is 0 Å². The van der Waals surface area contributed by atoms with Crippen molar-refractivity contribution in [3.05, 3.63) is 35.4 Å². The molecular weight excluding hydrogens is 380 g/mol. The van der Waals surface area contributed by atoms with Gasteiger partial charge in [0.1, 0.15) is 5.69 Å². The second-order valence-corrected chi connectivity index (χ2v) is 7.87. The predicted octanol–water partition coefficient (Wildman–Crippen LogP) is 2.79.